The number of benzene rings is 4. The maximum atomic E-state index is 13.8. The maximum Gasteiger partial charge on any atom is 0.343 e. The van der Waals surface area contributed by atoms with Crippen molar-refractivity contribution in [3.63, 3.8) is 0 Å². The van der Waals surface area contributed by atoms with Crippen LogP contribution in [0.15, 0.2) is 78.9 Å². The van der Waals surface area contributed by atoms with Gasteiger partial charge in [0, 0.05) is 22.2 Å². The van der Waals surface area contributed by atoms with Gasteiger partial charge in [-0.3, -0.25) is 9.80 Å². The molecule has 0 saturated carbocycles. The highest BCUT2D eigenvalue weighted by Gasteiger charge is 2.47. The van der Waals surface area contributed by atoms with Gasteiger partial charge in [0.05, 0.1) is 37.7 Å². The van der Waals surface area contributed by atoms with Crippen molar-refractivity contribution in [3.05, 3.63) is 95.0 Å². The second-order valence-electron chi connectivity index (χ2n) is 10.3. The Morgan fingerprint density at radius 1 is 0.902 bits per heavy atom. The van der Waals surface area contributed by atoms with E-state index in [9.17, 15) is 9.59 Å². The number of para-hydroxylation sites is 2. The summed E-state index contributed by atoms with van der Waals surface area (Å²) in [4.78, 5) is 26.5. The van der Waals surface area contributed by atoms with E-state index in [1.165, 1.54) is 0 Å². The number of nitrogens with one attached hydrogen (secondary N) is 1. The standard InChI is InChI=1S/C32H28ClN3O5/c1-32(2)31(38)36-29-24(18-35(36)26-10-5-6-11-27(26)39-3)22(14-15-25(29)34-32)23-13-12-21(17-28(23)40-4)41-30(37)19-8-7-9-20(33)16-19/h5-17,34H,18H2,1-4H3. The van der Waals surface area contributed by atoms with Crippen molar-refractivity contribution in [2.45, 2.75) is 25.9 Å². The highest BCUT2D eigenvalue weighted by Crippen LogP contribution is 2.51. The topological polar surface area (TPSA) is 80.3 Å². The molecule has 208 valence electrons. The van der Waals surface area contributed by atoms with E-state index in [1.807, 2.05) is 61.3 Å². The maximum absolute atomic E-state index is 13.8. The predicted molar refractivity (Wildman–Crippen MR) is 159 cm³/mol. The Balaban J connectivity index is 1.42. The molecular formula is C32H28ClN3O5. The second kappa shape index (κ2) is 10.1. The van der Waals surface area contributed by atoms with Crippen molar-refractivity contribution < 1.29 is 23.8 Å². The van der Waals surface area contributed by atoms with Gasteiger partial charge in [0.1, 0.15) is 28.5 Å². The lowest BCUT2D eigenvalue weighted by molar-refractivity contribution is -0.122. The number of hydrazine groups is 1. The number of hydrogen-bond acceptors (Lipinski definition) is 7. The van der Waals surface area contributed by atoms with E-state index < -0.39 is 11.5 Å². The summed E-state index contributed by atoms with van der Waals surface area (Å²) in [6, 6.07) is 23.5. The zero-order chi connectivity index (χ0) is 28.9. The Morgan fingerprint density at radius 3 is 2.41 bits per heavy atom. The molecule has 0 spiro atoms. The quantitative estimate of drug-likeness (QED) is 0.204. The van der Waals surface area contributed by atoms with E-state index in [1.54, 1.807) is 55.6 Å². The van der Waals surface area contributed by atoms with Crippen LogP contribution in [0.3, 0.4) is 0 Å². The van der Waals surface area contributed by atoms with Gasteiger partial charge in [-0.1, -0.05) is 35.9 Å². The fourth-order valence-corrected chi connectivity index (χ4v) is 5.56. The molecule has 41 heavy (non-hydrogen) atoms. The molecule has 0 radical (unpaired) electrons. The van der Waals surface area contributed by atoms with Crippen molar-refractivity contribution in [2.75, 3.05) is 29.6 Å². The number of amides is 1. The highest BCUT2D eigenvalue weighted by molar-refractivity contribution is 6.30. The highest BCUT2D eigenvalue weighted by atomic mass is 35.5. The number of methoxy groups -OCH3 is 2. The Kier molecular flexibility index (Phi) is 6.50. The third-order valence-electron chi connectivity index (χ3n) is 7.32. The van der Waals surface area contributed by atoms with Gasteiger partial charge in [-0.15, -0.1) is 0 Å². The normalized spacial score (nSPS) is 14.8. The Bertz CT molecular complexity index is 1700. The molecule has 4 aromatic rings. The number of halogens is 1. The molecule has 0 aromatic heterocycles. The van der Waals surface area contributed by atoms with Gasteiger partial charge in [-0.25, -0.2) is 9.80 Å². The molecule has 0 atom stereocenters. The molecule has 0 aliphatic carbocycles. The minimum Gasteiger partial charge on any atom is -0.496 e. The number of rotatable bonds is 6. The SMILES string of the molecule is COc1cc(OC(=O)c2cccc(Cl)c2)ccc1-c1ccc2c3c1CN(c1ccccc1OC)N3C(=O)C(C)(C)N2. The second-order valence-corrected chi connectivity index (χ2v) is 10.8. The largest absolute Gasteiger partial charge is 0.496 e. The molecule has 2 heterocycles. The first-order valence-electron chi connectivity index (χ1n) is 13.1. The first kappa shape index (κ1) is 26.5. The number of ether oxygens (including phenoxy) is 3. The molecule has 2 aliphatic heterocycles. The smallest absolute Gasteiger partial charge is 0.343 e. The molecule has 1 amide bonds. The molecule has 9 heteroatoms. The third-order valence-corrected chi connectivity index (χ3v) is 7.55. The molecule has 8 nitrogen and oxygen atoms in total. The molecule has 0 fully saturated rings. The van der Waals surface area contributed by atoms with E-state index in [-0.39, 0.29) is 5.91 Å². The molecule has 0 bridgehead atoms. The number of nitrogens with zero attached hydrogens (tertiary/aromatic N) is 2. The zero-order valence-electron chi connectivity index (χ0n) is 23.0. The van der Waals surface area contributed by atoms with Crippen LogP contribution in [0.1, 0.15) is 29.8 Å². The summed E-state index contributed by atoms with van der Waals surface area (Å²) in [6.07, 6.45) is 0. The number of hydrogen-bond donors (Lipinski definition) is 1. The molecule has 0 saturated heterocycles. The van der Waals surface area contributed by atoms with Gasteiger partial charge >= 0.3 is 5.97 Å². The summed E-state index contributed by atoms with van der Waals surface area (Å²) in [5.41, 5.74) is 4.60. The van der Waals surface area contributed by atoms with Crippen molar-refractivity contribution in [2.24, 2.45) is 0 Å². The summed E-state index contributed by atoms with van der Waals surface area (Å²) in [6.45, 7) is 4.17. The zero-order valence-corrected chi connectivity index (χ0v) is 23.8. The van der Waals surface area contributed by atoms with Crippen LogP contribution in [0.25, 0.3) is 11.1 Å². The summed E-state index contributed by atoms with van der Waals surface area (Å²) in [5.74, 6) is 0.916. The lowest BCUT2D eigenvalue weighted by Crippen LogP contribution is -2.57. The van der Waals surface area contributed by atoms with Gasteiger partial charge in [0.15, 0.2) is 0 Å². The van der Waals surface area contributed by atoms with Crippen molar-refractivity contribution in [1.82, 2.24) is 0 Å². The van der Waals surface area contributed by atoms with Crippen LogP contribution in [0.2, 0.25) is 5.02 Å². The van der Waals surface area contributed by atoms with E-state index in [2.05, 4.69) is 5.32 Å². The minimum atomic E-state index is -0.817. The average Bonchev–Trinajstić information content (AvgIpc) is 3.37. The van der Waals surface area contributed by atoms with E-state index in [4.69, 9.17) is 25.8 Å². The van der Waals surface area contributed by atoms with E-state index in [0.29, 0.717) is 34.4 Å². The van der Waals surface area contributed by atoms with Gasteiger partial charge in [0.25, 0.3) is 5.91 Å². The van der Waals surface area contributed by atoms with Crippen LogP contribution in [0.4, 0.5) is 17.1 Å². The fourth-order valence-electron chi connectivity index (χ4n) is 5.37. The van der Waals surface area contributed by atoms with Gasteiger partial charge in [-0.2, -0.15) is 0 Å². The summed E-state index contributed by atoms with van der Waals surface area (Å²) in [7, 11) is 3.19. The monoisotopic (exact) mass is 569 g/mol. The van der Waals surface area contributed by atoms with E-state index in [0.717, 1.165) is 33.8 Å². The summed E-state index contributed by atoms with van der Waals surface area (Å²) < 4.78 is 17.0. The fraction of sp³-hybridized carbons (Fsp3) is 0.188. The first-order chi connectivity index (χ1) is 19.7. The van der Waals surface area contributed by atoms with Crippen molar-refractivity contribution in [1.29, 1.82) is 0 Å². The van der Waals surface area contributed by atoms with Crippen LogP contribution in [-0.4, -0.2) is 31.6 Å². The van der Waals surface area contributed by atoms with Crippen LogP contribution in [0.5, 0.6) is 17.2 Å². The molecule has 1 N–H and O–H groups in total. The third kappa shape index (κ3) is 4.50. The first-order valence-corrected chi connectivity index (χ1v) is 13.4. The molecule has 4 aromatic carbocycles. The minimum absolute atomic E-state index is 0.0814. The van der Waals surface area contributed by atoms with Crippen LogP contribution >= 0.6 is 11.6 Å². The number of carbonyl (C=O) groups excluding carboxylic acids is 2. The Hall–Kier alpha value is -4.69. The van der Waals surface area contributed by atoms with Gasteiger partial charge in [-0.05, 0) is 67.9 Å². The number of carbonyl (C=O) groups is 2. The summed E-state index contributed by atoms with van der Waals surface area (Å²) >= 11 is 6.03. The van der Waals surface area contributed by atoms with E-state index >= 15 is 0 Å². The lowest BCUT2D eigenvalue weighted by atomic mass is 9.93. The van der Waals surface area contributed by atoms with Gasteiger partial charge < -0.3 is 19.5 Å². The molecular weight excluding hydrogens is 542 g/mol. The Labute approximate surface area is 243 Å². The lowest BCUT2D eigenvalue weighted by Gasteiger charge is -2.41. The van der Waals surface area contributed by atoms with Crippen LogP contribution < -0.4 is 29.5 Å². The van der Waals surface area contributed by atoms with Gasteiger partial charge in [0.2, 0.25) is 0 Å². The molecule has 0 unspecified atom stereocenters. The van der Waals surface area contributed by atoms with Crippen molar-refractivity contribution in [3.8, 4) is 28.4 Å². The molecule has 2 aliphatic rings. The predicted octanol–water partition coefficient (Wildman–Crippen LogP) is 6.72. The number of anilines is 3. The van der Waals surface area contributed by atoms with Crippen LogP contribution in [0, 0.1) is 0 Å². The number of esters is 1. The average molecular weight is 570 g/mol. The Morgan fingerprint density at radius 2 is 1.66 bits per heavy atom. The summed E-state index contributed by atoms with van der Waals surface area (Å²) in [5, 5.41) is 7.56. The van der Waals surface area contributed by atoms with Crippen molar-refractivity contribution >= 4 is 40.5 Å². The molecule has 6 rings (SSSR count). The van der Waals surface area contributed by atoms with Crippen LogP contribution in [-0.2, 0) is 11.3 Å².